The lowest BCUT2D eigenvalue weighted by atomic mass is 9.95. The molecule has 2 rings (SSSR count). The normalized spacial score (nSPS) is 12.1. The van der Waals surface area contributed by atoms with Gasteiger partial charge in [0.2, 0.25) is 11.8 Å². The molecule has 0 spiro atoms. The van der Waals surface area contributed by atoms with Crippen molar-refractivity contribution < 1.29 is 19.5 Å². The second-order valence-electron chi connectivity index (χ2n) is 12.6. The van der Waals surface area contributed by atoms with Gasteiger partial charge >= 0.3 is 0 Å². The van der Waals surface area contributed by atoms with Crippen LogP contribution in [0.25, 0.3) is 0 Å². The van der Waals surface area contributed by atoms with Gasteiger partial charge in [-0.25, -0.2) is 0 Å². The molecule has 0 heterocycles. The average molecular weight is 661 g/mol. The van der Waals surface area contributed by atoms with Gasteiger partial charge in [-0.15, -0.1) is 0 Å². The Morgan fingerprint density at radius 3 is 1.83 bits per heavy atom. The fraction of sp³-hybridized carbons (Fsp3) is 0.667. The maximum absolute atomic E-state index is 12.5. The van der Waals surface area contributed by atoms with Gasteiger partial charge in [0.05, 0.1) is 12.6 Å². The van der Waals surface area contributed by atoms with Crippen LogP contribution in [0.1, 0.15) is 145 Å². The van der Waals surface area contributed by atoms with Crippen LogP contribution in [-0.4, -0.2) is 48.5 Å². The van der Waals surface area contributed by atoms with E-state index in [9.17, 15) is 19.5 Å². The summed E-state index contributed by atoms with van der Waals surface area (Å²) in [5, 5.41) is 21.2. The Morgan fingerprint density at radius 2 is 1.38 bits per heavy atom. The second-order valence-corrected chi connectivity index (χ2v) is 12.6. The standard InChI is InChI=1S/C19H26N2O2.C13H26N2O2.2C3H8.CH4/c1-4-5-17(18(14-6-7-14)20-12-13(2)3)21-19(23)15-8-10-16(22)11-9-15;1-5-14-13(17)9-15-12(16)7-6-11(4)8-10(2)3;2*1-3-2;/h8-11,17,20,22H,2,4-7,12H2,1,3H3,(H,21,23);10-11H,5-9H2,1-4H3,(H,14,17)(H,15,16);2*3H2,1-2H3;1H4. The van der Waals surface area contributed by atoms with Crippen LogP contribution in [-0.2, 0) is 9.59 Å². The molecule has 3 amide bonds. The third kappa shape index (κ3) is 27.5. The first-order valence-corrected chi connectivity index (χ1v) is 17.5. The topological polar surface area (TPSA) is 120 Å². The first-order chi connectivity index (χ1) is 21.8. The molecule has 272 valence electrons. The Hall–Kier alpha value is -3.29. The minimum absolute atomic E-state index is 0. The summed E-state index contributed by atoms with van der Waals surface area (Å²) in [6.45, 7) is 26.4. The smallest absolute Gasteiger partial charge is 0.251 e. The van der Waals surface area contributed by atoms with Crippen molar-refractivity contribution in [2.75, 3.05) is 19.6 Å². The largest absolute Gasteiger partial charge is 0.508 e. The van der Waals surface area contributed by atoms with E-state index < -0.39 is 0 Å². The fourth-order valence-electron chi connectivity index (χ4n) is 4.33. The summed E-state index contributed by atoms with van der Waals surface area (Å²) in [5.41, 5.74) is 4.19. The Labute approximate surface area is 289 Å². The van der Waals surface area contributed by atoms with Gasteiger partial charge in [0.25, 0.3) is 5.91 Å². The van der Waals surface area contributed by atoms with E-state index in [2.05, 4.69) is 83.2 Å². The summed E-state index contributed by atoms with van der Waals surface area (Å²) in [5.74, 6) is 1.12. The van der Waals surface area contributed by atoms with Crippen molar-refractivity contribution in [2.24, 2.45) is 11.8 Å². The van der Waals surface area contributed by atoms with Gasteiger partial charge in [0, 0.05) is 30.8 Å². The summed E-state index contributed by atoms with van der Waals surface area (Å²) in [6.07, 6.45) is 9.13. The summed E-state index contributed by atoms with van der Waals surface area (Å²) in [7, 11) is 0. The molecule has 0 aromatic heterocycles. The summed E-state index contributed by atoms with van der Waals surface area (Å²) < 4.78 is 0. The van der Waals surface area contributed by atoms with Crippen molar-refractivity contribution in [2.45, 2.75) is 140 Å². The third-order valence-electron chi connectivity index (χ3n) is 6.38. The zero-order valence-electron chi connectivity index (χ0n) is 30.9. The van der Waals surface area contributed by atoms with Crippen LogP contribution in [0.15, 0.2) is 47.7 Å². The highest BCUT2D eigenvalue weighted by atomic mass is 16.3. The van der Waals surface area contributed by atoms with Crippen LogP contribution in [0.4, 0.5) is 0 Å². The molecular weight excluding hydrogens is 588 g/mol. The predicted molar refractivity (Wildman–Crippen MR) is 202 cm³/mol. The van der Waals surface area contributed by atoms with Gasteiger partial charge in [-0.05, 0) is 87.6 Å². The zero-order chi connectivity index (χ0) is 35.5. The van der Waals surface area contributed by atoms with E-state index >= 15 is 0 Å². The van der Waals surface area contributed by atoms with Crippen molar-refractivity contribution in [3.05, 3.63) is 53.3 Å². The first-order valence-electron chi connectivity index (χ1n) is 17.5. The lowest BCUT2D eigenvalue weighted by Gasteiger charge is -2.23. The number of hydrogen-bond donors (Lipinski definition) is 5. The molecule has 0 aliphatic heterocycles. The first kappa shape index (κ1) is 48.1. The van der Waals surface area contributed by atoms with Crippen molar-refractivity contribution >= 4 is 17.7 Å². The van der Waals surface area contributed by atoms with Crippen molar-refractivity contribution in [1.29, 1.82) is 0 Å². The number of rotatable bonds is 16. The molecular formula is C39H72N4O4. The molecule has 5 N–H and O–H groups in total. The fourth-order valence-corrected chi connectivity index (χ4v) is 4.33. The number of phenolic OH excluding ortho intramolecular Hbond substituents is 1. The van der Waals surface area contributed by atoms with Gasteiger partial charge in [0.1, 0.15) is 5.75 Å². The molecule has 1 fully saturated rings. The van der Waals surface area contributed by atoms with E-state index in [-0.39, 0.29) is 43.5 Å². The molecule has 1 aromatic carbocycles. The predicted octanol–water partition coefficient (Wildman–Crippen LogP) is 8.67. The Morgan fingerprint density at radius 1 is 0.830 bits per heavy atom. The number of nitrogens with one attached hydrogen (secondary N) is 4. The average Bonchev–Trinajstić information content (AvgIpc) is 3.82. The SMILES string of the molecule is C.C=C(C)CNC(=C1CC1)C(CCC)NC(=O)c1ccc(O)cc1.CCC.CCC.CCNC(=O)CNC(=O)CCC(C)CC(C)C. The van der Waals surface area contributed by atoms with Crippen LogP contribution in [0.2, 0.25) is 0 Å². The number of likely N-dealkylation sites (N-methyl/N-ethyl adjacent to an activating group) is 1. The van der Waals surface area contributed by atoms with E-state index in [0.29, 0.717) is 30.4 Å². The Bertz CT molecular complexity index is 1010. The van der Waals surface area contributed by atoms with Gasteiger partial charge in [-0.2, -0.15) is 0 Å². The van der Waals surface area contributed by atoms with Crippen LogP contribution in [0.5, 0.6) is 5.75 Å². The van der Waals surface area contributed by atoms with E-state index in [1.54, 1.807) is 12.1 Å². The number of allylic oxidation sites excluding steroid dienone is 1. The number of hydrogen-bond acceptors (Lipinski definition) is 5. The minimum Gasteiger partial charge on any atom is -0.508 e. The van der Waals surface area contributed by atoms with Gasteiger partial charge < -0.3 is 26.4 Å². The number of carbonyl (C=O) groups is 3. The molecule has 0 saturated heterocycles. The summed E-state index contributed by atoms with van der Waals surface area (Å²) in [4.78, 5) is 35.0. The van der Waals surface area contributed by atoms with Gasteiger partial charge in [-0.3, -0.25) is 14.4 Å². The molecule has 0 bridgehead atoms. The lowest BCUT2D eigenvalue weighted by Crippen LogP contribution is -2.40. The van der Waals surface area contributed by atoms with Crippen molar-refractivity contribution in [3.63, 3.8) is 0 Å². The molecule has 1 aliphatic rings. The van der Waals surface area contributed by atoms with Crippen LogP contribution in [0, 0.1) is 11.8 Å². The maximum Gasteiger partial charge on any atom is 0.251 e. The van der Waals surface area contributed by atoms with Crippen LogP contribution in [0.3, 0.4) is 0 Å². The molecule has 2 atom stereocenters. The molecule has 1 aromatic rings. The number of phenols is 1. The Balaban J connectivity index is -0.000000715. The quantitative estimate of drug-likeness (QED) is 0.114. The van der Waals surface area contributed by atoms with E-state index in [1.807, 2.05) is 13.8 Å². The van der Waals surface area contributed by atoms with Crippen molar-refractivity contribution in [1.82, 2.24) is 21.3 Å². The molecule has 8 heteroatoms. The molecule has 2 unspecified atom stereocenters. The van der Waals surface area contributed by atoms with E-state index in [4.69, 9.17) is 0 Å². The number of aromatic hydroxyl groups is 1. The van der Waals surface area contributed by atoms with E-state index in [1.165, 1.54) is 30.5 Å². The monoisotopic (exact) mass is 661 g/mol. The molecule has 1 aliphatic carbocycles. The van der Waals surface area contributed by atoms with Gasteiger partial charge in [-0.1, -0.05) is 94.2 Å². The molecule has 0 radical (unpaired) electrons. The lowest BCUT2D eigenvalue weighted by molar-refractivity contribution is -0.126. The van der Waals surface area contributed by atoms with E-state index in [0.717, 1.165) is 56.3 Å². The summed E-state index contributed by atoms with van der Waals surface area (Å²) in [6, 6.07) is 6.34. The van der Waals surface area contributed by atoms with Gasteiger partial charge in [0.15, 0.2) is 0 Å². The van der Waals surface area contributed by atoms with Crippen LogP contribution < -0.4 is 21.3 Å². The molecule has 47 heavy (non-hydrogen) atoms. The Kier molecular flexibility index (Phi) is 30.8. The highest BCUT2D eigenvalue weighted by Crippen LogP contribution is 2.33. The molecule has 8 nitrogen and oxygen atoms in total. The highest BCUT2D eigenvalue weighted by molar-refractivity contribution is 5.94. The summed E-state index contributed by atoms with van der Waals surface area (Å²) >= 11 is 0. The molecule has 1 saturated carbocycles. The van der Waals surface area contributed by atoms with Crippen LogP contribution >= 0.6 is 0 Å². The third-order valence-corrected chi connectivity index (χ3v) is 6.38. The number of carbonyl (C=O) groups excluding carboxylic acids is 3. The maximum atomic E-state index is 12.5. The minimum atomic E-state index is -0.129. The highest BCUT2D eigenvalue weighted by Gasteiger charge is 2.25. The second kappa shape index (κ2) is 30.1. The number of amides is 3. The zero-order valence-corrected chi connectivity index (χ0v) is 30.9. The van der Waals surface area contributed by atoms with Crippen molar-refractivity contribution in [3.8, 4) is 5.75 Å². The number of benzene rings is 1.